The van der Waals surface area contributed by atoms with Crippen molar-refractivity contribution in [2.45, 2.75) is 13.0 Å². The summed E-state index contributed by atoms with van der Waals surface area (Å²) in [4.78, 5) is 4.30. The van der Waals surface area contributed by atoms with E-state index < -0.39 is 0 Å². The van der Waals surface area contributed by atoms with Gasteiger partial charge in [-0.2, -0.15) is 0 Å². The van der Waals surface area contributed by atoms with Crippen molar-refractivity contribution in [2.75, 3.05) is 6.61 Å². The second-order valence-electron chi connectivity index (χ2n) is 5.02. The van der Waals surface area contributed by atoms with E-state index in [2.05, 4.69) is 23.2 Å². The number of nitrogens with zero attached hydrogens (tertiary/aromatic N) is 2. The molecule has 108 valence electrons. The molecule has 4 heteroatoms. The number of hydrogen-bond acceptors (Lipinski definition) is 3. The maximum absolute atomic E-state index is 5.93. The van der Waals surface area contributed by atoms with E-state index in [1.807, 2.05) is 36.0 Å². The van der Waals surface area contributed by atoms with Gasteiger partial charge in [0.25, 0.3) is 0 Å². The van der Waals surface area contributed by atoms with Crippen LogP contribution in [-0.4, -0.2) is 16.2 Å². The summed E-state index contributed by atoms with van der Waals surface area (Å²) >= 11 is 0. The number of aryl methyl sites for hydroxylation is 1. The third-order valence-electron chi connectivity index (χ3n) is 3.71. The summed E-state index contributed by atoms with van der Waals surface area (Å²) in [5.41, 5.74) is 6.97. The molecule has 1 heterocycles. The van der Waals surface area contributed by atoms with Crippen molar-refractivity contribution in [1.82, 2.24) is 9.55 Å². The molecule has 0 spiro atoms. The molecule has 2 aromatic carbocycles. The molecule has 3 rings (SSSR count). The summed E-state index contributed by atoms with van der Waals surface area (Å²) in [6, 6.07) is 12.3. The predicted molar refractivity (Wildman–Crippen MR) is 84.2 cm³/mol. The molecule has 1 aromatic heterocycles. The van der Waals surface area contributed by atoms with Gasteiger partial charge in [0, 0.05) is 38.0 Å². The van der Waals surface area contributed by atoms with Gasteiger partial charge in [-0.05, 0) is 16.8 Å². The van der Waals surface area contributed by atoms with Crippen LogP contribution in [0.1, 0.15) is 11.4 Å². The molecule has 21 heavy (non-hydrogen) atoms. The zero-order valence-corrected chi connectivity index (χ0v) is 12.1. The number of imidazole rings is 1. The van der Waals surface area contributed by atoms with E-state index in [0.717, 1.165) is 28.9 Å². The van der Waals surface area contributed by atoms with E-state index >= 15 is 0 Å². The summed E-state index contributed by atoms with van der Waals surface area (Å²) < 4.78 is 7.94. The molecule has 0 amide bonds. The second kappa shape index (κ2) is 5.97. The van der Waals surface area contributed by atoms with Gasteiger partial charge in [0.1, 0.15) is 11.6 Å². The molecular formula is C17H19N3O. The summed E-state index contributed by atoms with van der Waals surface area (Å²) in [5.74, 6) is 1.88. The van der Waals surface area contributed by atoms with Crippen molar-refractivity contribution in [3.05, 3.63) is 60.2 Å². The molecule has 0 saturated heterocycles. The normalized spacial score (nSPS) is 11.0. The summed E-state index contributed by atoms with van der Waals surface area (Å²) in [7, 11) is 1.99. The van der Waals surface area contributed by atoms with E-state index in [9.17, 15) is 0 Å². The average molecular weight is 281 g/mol. The highest BCUT2D eigenvalue weighted by atomic mass is 16.5. The number of ether oxygens (including phenoxy) is 1. The Bertz CT molecular complexity index is 749. The van der Waals surface area contributed by atoms with Crippen molar-refractivity contribution in [3.63, 3.8) is 0 Å². The SMILES string of the molecule is Cn1ccnc1CCOc1ccc2ccccc2c1CN. The molecule has 2 N–H and O–H groups in total. The zero-order valence-electron chi connectivity index (χ0n) is 12.1. The van der Waals surface area contributed by atoms with Crippen LogP contribution in [0.25, 0.3) is 10.8 Å². The second-order valence-corrected chi connectivity index (χ2v) is 5.02. The Labute approximate surface area is 124 Å². The minimum absolute atomic E-state index is 0.471. The van der Waals surface area contributed by atoms with Gasteiger partial charge in [-0.3, -0.25) is 0 Å². The topological polar surface area (TPSA) is 53.1 Å². The molecule has 0 fully saturated rings. The number of aromatic nitrogens is 2. The lowest BCUT2D eigenvalue weighted by molar-refractivity contribution is 0.315. The van der Waals surface area contributed by atoms with Crippen LogP contribution in [0.5, 0.6) is 5.75 Å². The maximum Gasteiger partial charge on any atom is 0.124 e. The van der Waals surface area contributed by atoms with Gasteiger partial charge in [0.05, 0.1) is 6.61 Å². The Kier molecular flexibility index (Phi) is 3.88. The Morgan fingerprint density at radius 2 is 2.05 bits per heavy atom. The van der Waals surface area contributed by atoms with Crippen molar-refractivity contribution in [3.8, 4) is 5.75 Å². The highest BCUT2D eigenvalue weighted by Crippen LogP contribution is 2.27. The lowest BCUT2D eigenvalue weighted by Crippen LogP contribution is -2.08. The number of benzene rings is 2. The molecule has 0 atom stereocenters. The smallest absolute Gasteiger partial charge is 0.124 e. The Hall–Kier alpha value is -2.33. The van der Waals surface area contributed by atoms with E-state index in [4.69, 9.17) is 10.5 Å². The summed E-state index contributed by atoms with van der Waals surface area (Å²) in [6.07, 6.45) is 4.52. The first-order valence-corrected chi connectivity index (χ1v) is 7.09. The maximum atomic E-state index is 5.93. The first-order chi connectivity index (χ1) is 10.3. The van der Waals surface area contributed by atoms with Crippen LogP contribution in [0.15, 0.2) is 48.8 Å². The highest BCUT2D eigenvalue weighted by Gasteiger charge is 2.08. The molecule has 4 nitrogen and oxygen atoms in total. The molecule has 0 aliphatic rings. The van der Waals surface area contributed by atoms with Crippen LogP contribution in [0.4, 0.5) is 0 Å². The minimum atomic E-state index is 0.471. The van der Waals surface area contributed by atoms with Crippen molar-refractivity contribution < 1.29 is 4.74 Å². The van der Waals surface area contributed by atoms with Crippen LogP contribution < -0.4 is 10.5 Å². The Balaban J connectivity index is 1.79. The van der Waals surface area contributed by atoms with Gasteiger partial charge in [-0.15, -0.1) is 0 Å². The van der Waals surface area contributed by atoms with Gasteiger partial charge >= 0.3 is 0 Å². The first kappa shape index (κ1) is 13.6. The molecule has 0 aliphatic carbocycles. The molecule has 0 aliphatic heterocycles. The fraction of sp³-hybridized carbons (Fsp3) is 0.235. The van der Waals surface area contributed by atoms with E-state index in [0.29, 0.717) is 13.2 Å². The van der Waals surface area contributed by atoms with Crippen LogP contribution in [0.2, 0.25) is 0 Å². The van der Waals surface area contributed by atoms with Crippen molar-refractivity contribution in [2.24, 2.45) is 12.8 Å². The van der Waals surface area contributed by atoms with Crippen molar-refractivity contribution >= 4 is 10.8 Å². The molecule has 3 aromatic rings. The van der Waals surface area contributed by atoms with Gasteiger partial charge < -0.3 is 15.0 Å². The molecular weight excluding hydrogens is 262 g/mol. The monoisotopic (exact) mass is 281 g/mol. The van der Waals surface area contributed by atoms with Gasteiger partial charge in [-0.25, -0.2) is 4.98 Å². The Morgan fingerprint density at radius 3 is 2.81 bits per heavy atom. The zero-order chi connectivity index (χ0) is 14.7. The Morgan fingerprint density at radius 1 is 1.19 bits per heavy atom. The number of fused-ring (bicyclic) bond motifs is 1. The lowest BCUT2D eigenvalue weighted by Gasteiger charge is -2.13. The number of rotatable bonds is 5. The molecule has 0 radical (unpaired) electrons. The average Bonchev–Trinajstić information content (AvgIpc) is 2.92. The lowest BCUT2D eigenvalue weighted by atomic mass is 10.0. The third kappa shape index (κ3) is 2.76. The van der Waals surface area contributed by atoms with Gasteiger partial charge in [0.2, 0.25) is 0 Å². The van der Waals surface area contributed by atoms with E-state index in [1.165, 1.54) is 5.39 Å². The van der Waals surface area contributed by atoms with Crippen LogP contribution in [0, 0.1) is 0 Å². The van der Waals surface area contributed by atoms with Crippen LogP contribution >= 0.6 is 0 Å². The van der Waals surface area contributed by atoms with Crippen LogP contribution in [-0.2, 0) is 20.0 Å². The van der Waals surface area contributed by atoms with Crippen LogP contribution in [0.3, 0.4) is 0 Å². The predicted octanol–water partition coefficient (Wildman–Crippen LogP) is 2.65. The fourth-order valence-corrected chi connectivity index (χ4v) is 2.55. The van der Waals surface area contributed by atoms with Gasteiger partial charge in [-0.1, -0.05) is 30.3 Å². The van der Waals surface area contributed by atoms with E-state index in [-0.39, 0.29) is 0 Å². The summed E-state index contributed by atoms with van der Waals surface area (Å²) in [6.45, 7) is 1.06. The largest absolute Gasteiger partial charge is 0.493 e. The quantitative estimate of drug-likeness (QED) is 0.782. The number of hydrogen-bond donors (Lipinski definition) is 1. The molecule has 0 unspecified atom stereocenters. The van der Waals surface area contributed by atoms with Gasteiger partial charge in [0.15, 0.2) is 0 Å². The molecule has 0 bridgehead atoms. The highest BCUT2D eigenvalue weighted by molar-refractivity contribution is 5.87. The number of nitrogens with two attached hydrogens (primary N) is 1. The summed E-state index contributed by atoms with van der Waals surface area (Å²) in [5, 5.41) is 2.35. The molecule has 0 saturated carbocycles. The standard InChI is InChI=1S/C17H19N3O/c1-20-10-9-19-17(20)8-11-21-16-7-6-13-4-2-3-5-14(13)15(16)12-18/h2-7,9-10H,8,11-12,18H2,1H3. The third-order valence-corrected chi connectivity index (χ3v) is 3.71. The van der Waals surface area contributed by atoms with E-state index in [1.54, 1.807) is 6.20 Å². The minimum Gasteiger partial charge on any atom is -0.493 e. The first-order valence-electron chi connectivity index (χ1n) is 7.09. The van der Waals surface area contributed by atoms with Crippen molar-refractivity contribution in [1.29, 1.82) is 0 Å². The fourth-order valence-electron chi connectivity index (χ4n) is 2.55.